The number of hydrogen-bond acceptors (Lipinski definition) is 3. The van der Waals surface area contributed by atoms with Gasteiger partial charge in [-0.15, -0.1) is 0 Å². The molecular weight excluding hydrogens is 224 g/mol. The molecule has 1 fully saturated rings. The summed E-state index contributed by atoms with van der Waals surface area (Å²) >= 11 is 0. The summed E-state index contributed by atoms with van der Waals surface area (Å²) < 4.78 is 5.90. The normalized spacial score (nSPS) is 30.7. The van der Waals surface area contributed by atoms with Crippen LogP contribution in [0.4, 0.5) is 0 Å². The van der Waals surface area contributed by atoms with Gasteiger partial charge >= 0.3 is 0 Å². The molecule has 0 radical (unpaired) electrons. The van der Waals surface area contributed by atoms with Crippen molar-refractivity contribution in [3.05, 3.63) is 0 Å². The minimum absolute atomic E-state index is 0.0295. The van der Waals surface area contributed by atoms with Crippen LogP contribution in [0, 0.1) is 11.8 Å². The SMILES string of the molecule is COC1(C(CCCC(C)C)NN)CCC(C)CC1. The Bertz CT molecular complexity index is 223. The Labute approximate surface area is 113 Å². The van der Waals surface area contributed by atoms with Gasteiger partial charge in [-0.05, 0) is 43.9 Å². The molecule has 0 aliphatic heterocycles. The zero-order valence-electron chi connectivity index (χ0n) is 12.7. The third-order valence-corrected chi connectivity index (χ3v) is 4.64. The fraction of sp³-hybridized carbons (Fsp3) is 1.00. The third kappa shape index (κ3) is 4.22. The molecule has 1 aliphatic carbocycles. The van der Waals surface area contributed by atoms with Crippen molar-refractivity contribution in [2.24, 2.45) is 17.7 Å². The number of hydrazine groups is 1. The average Bonchev–Trinajstić information content (AvgIpc) is 2.36. The van der Waals surface area contributed by atoms with Crippen molar-refractivity contribution in [2.75, 3.05) is 7.11 Å². The summed E-state index contributed by atoms with van der Waals surface area (Å²) in [6.07, 6.45) is 8.42. The van der Waals surface area contributed by atoms with Crippen molar-refractivity contribution in [1.29, 1.82) is 0 Å². The molecule has 0 aromatic rings. The molecule has 3 nitrogen and oxygen atoms in total. The largest absolute Gasteiger partial charge is 0.377 e. The second kappa shape index (κ2) is 7.46. The van der Waals surface area contributed by atoms with Gasteiger partial charge < -0.3 is 4.74 Å². The number of methoxy groups -OCH3 is 1. The lowest BCUT2D eigenvalue weighted by Gasteiger charge is -2.44. The molecule has 1 atom stereocenters. The number of nitrogens with two attached hydrogens (primary N) is 1. The molecule has 0 aromatic heterocycles. The lowest BCUT2D eigenvalue weighted by Crippen LogP contribution is -2.56. The fourth-order valence-electron chi connectivity index (χ4n) is 3.17. The standard InChI is InChI=1S/C15H32N2O/c1-12(2)6-5-7-14(17-16)15(18-4)10-8-13(3)9-11-15/h12-14,17H,5-11,16H2,1-4H3. The number of ether oxygens (including phenoxy) is 1. The molecule has 0 aromatic carbocycles. The van der Waals surface area contributed by atoms with Crippen LogP contribution in [0.1, 0.15) is 65.7 Å². The monoisotopic (exact) mass is 256 g/mol. The third-order valence-electron chi connectivity index (χ3n) is 4.64. The van der Waals surface area contributed by atoms with E-state index in [-0.39, 0.29) is 5.60 Å². The van der Waals surface area contributed by atoms with Crippen LogP contribution in [0.2, 0.25) is 0 Å². The highest BCUT2D eigenvalue weighted by atomic mass is 16.5. The van der Waals surface area contributed by atoms with Crippen LogP contribution in [0.15, 0.2) is 0 Å². The van der Waals surface area contributed by atoms with Gasteiger partial charge in [0.1, 0.15) is 0 Å². The molecule has 0 saturated heterocycles. The number of rotatable bonds is 7. The zero-order chi connectivity index (χ0) is 13.6. The van der Waals surface area contributed by atoms with Gasteiger partial charge in [-0.25, -0.2) is 0 Å². The average molecular weight is 256 g/mol. The highest BCUT2D eigenvalue weighted by Crippen LogP contribution is 2.38. The summed E-state index contributed by atoms with van der Waals surface area (Å²) in [7, 11) is 1.85. The number of hydrogen-bond donors (Lipinski definition) is 2. The summed E-state index contributed by atoms with van der Waals surface area (Å²) in [4.78, 5) is 0. The molecule has 0 amide bonds. The second-order valence-electron chi connectivity index (χ2n) is 6.50. The van der Waals surface area contributed by atoms with E-state index in [2.05, 4.69) is 26.2 Å². The van der Waals surface area contributed by atoms with Gasteiger partial charge in [0.15, 0.2) is 0 Å². The first kappa shape index (κ1) is 15.9. The van der Waals surface area contributed by atoms with Crippen LogP contribution in [0.5, 0.6) is 0 Å². The lowest BCUT2D eigenvalue weighted by molar-refractivity contribution is -0.0770. The van der Waals surface area contributed by atoms with Gasteiger partial charge in [-0.1, -0.05) is 33.6 Å². The molecule has 1 rings (SSSR count). The van der Waals surface area contributed by atoms with Crippen molar-refractivity contribution in [3.8, 4) is 0 Å². The van der Waals surface area contributed by atoms with Crippen LogP contribution >= 0.6 is 0 Å². The van der Waals surface area contributed by atoms with Crippen LogP contribution in [0.25, 0.3) is 0 Å². The Morgan fingerprint density at radius 1 is 1.28 bits per heavy atom. The summed E-state index contributed by atoms with van der Waals surface area (Å²) in [6.45, 7) is 6.89. The van der Waals surface area contributed by atoms with Gasteiger partial charge in [0, 0.05) is 7.11 Å². The molecule has 1 unspecified atom stereocenters. The molecule has 0 heterocycles. The summed E-state index contributed by atoms with van der Waals surface area (Å²) in [5.74, 6) is 7.39. The van der Waals surface area contributed by atoms with E-state index in [0.717, 1.165) is 31.1 Å². The Kier molecular flexibility index (Phi) is 6.61. The van der Waals surface area contributed by atoms with Crippen molar-refractivity contribution in [2.45, 2.75) is 77.4 Å². The van der Waals surface area contributed by atoms with Crippen molar-refractivity contribution in [1.82, 2.24) is 5.43 Å². The molecule has 18 heavy (non-hydrogen) atoms. The van der Waals surface area contributed by atoms with Crippen LogP contribution in [0.3, 0.4) is 0 Å². The Morgan fingerprint density at radius 2 is 1.89 bits per heavy atom. The highest BCUT2D eigenvalue weighted by Gasteiger charge is 2.40. The summed E-state index contributed by atoms with van der Waals surface area (Å²) in [5.41, 5.74) is 3.00. The number of nitrogens with one attached hydrogen (secondary N) is 1. The van der Waals surface area contributed by atoms with Crippen molar-refractivity contribution < 1.29 is 4.74 Å². The Morgan fingerprint density at radius 3 is 2.33 bits per heavy atom. The molecule has 1 saturated carbocycles. The topological polar surface area (TPSA) is 47.3 Å². The van der Waals surface area contributed by atoms with Crippen molar-refractivity contribution in [3.63, 3.8) is 0 Å². The van der Waals surface area contributed by atoms with Crippen LogP contribution in [-0.2, 0) is 4.74 Å². The van der Waals surface area contributed by atoms with Gasteiger partial charge in [-0.3, -0.25) is 11.3 Å². The van der Waals surface area contributed by atoms with Crippen molar-refractivity contribution >= 4 is 0 Å². The van der Waals surface area contributed by atoms with E-state index in [1.54, 1.807) is 0 Å². The quantitative estimate of drug-likeness (QED) is 0.543. The fourth-order valence-corrected chi connectivity index (χ4v) is 3.17. The Balaban J connectivity index is 2.54. The minimum Gasteiger partial charge on any atom is -0.377 e. The maximum Gasteiger partial charge on any atom is 0.0844 e. The first-order chi connectivity index (χ1) is 8.54. The predicted molar refractivity (Wildman–Crippen MR) is 77.2 cm³/mol. The van der Waals surface area contributed by atoms with E-state index in [1.807, 2.05) is 7.11 Å². The van der Waals surface area contributed by atoms with E-state index in [0.29, 0.717) is 6.04 Å². The first-order valence-corrected chi connectivity index (χ1v) is 7.55. The highest BCUT2D eigenvalue weighted by molar-refractivity contribution is 4.95. The van der Waals surface area contributed by atoms with E-state index >= 15 is 0 Å². The van der Waals surface area contributed by atoms with Gasteiger partial charge in [-0.2, -0.15) is 0 Å². The molecule has 1 aliphatic rings. The van der Waals surface area contributed by atoms with E-state index in [1.165, 1.54) is 25.7 Å². The van der Waals surface area contributed by atoms with Crippen LogP contribution < -0.4 is 11.3 Å². The van der Waals surface area contributed by atoms with E-state index in [9.17, 15) is 0 Å². The van der Waals surface area contributed by atoms with E-state index in [4.69, 9.17) is 10.6 Å². The molecule has 0 spiro atoms. The zero-order valence-corrected chi connectivity index (χ0v) is 12.7. The van der Waals surface area contributed by atoms with Gasteiger partial charge in [0.05, 0.1) is 11.6 Å². The maximum absolute atomic E-state index is 5.90. The smallest absolute Gasteiger partial charge is 0.0844 e. The van der Waals surface area contributed by atoms with Gasteiger partial charge in [0.25, 0.3) is 0 Å². The summed E-state index contributed by atoms with van der Waals surface area (Å²) in [5, 5.41) is 0. The molecule has 108 valence electrons. The second-order valence-corrected chi connectivity index (χ2v) is 6.50. The van der Waals surface area contributed by atoms with Crippen LogP contribution in [-0.4, -0.2) is 18.8 Å². The Hall–Kier alpha value is -0.120. The minimum atomic E-state index is -0.0295. The molecule has 0 bridgehead atoms. The molecular formula is C15H32N2O. The summed E-state index contributed by atoms with van der Waals surface area (Å²) in [6, 6.07) is 0.300. The lowest BCUT2D eigenvalue weighted by atomic mass is 9.74. The van der Waals surface area contributed by atoms with E-state index < -0.39 is 0 Å². The molecule has 3 N–H and O–H groups in total. The predicted octanol–water partition coefficient (Wildman–Crippen LogP) is 3.24. The molecule has 3 heteroatoms. The maximum atomic E-state index is 5.90. The van der Waals surface area contributed by atoms with Gasteiger partial charge in [0.2, 0.25) is 0 Å². The first-order valence-electron chi connectivity index (χ1n) is 7.55.